The highest BCUT2D eigenvalue weighted by Gasteiger charge is 2.17. The van der Waals surface area contributed by atoms with Gasteiger partial charge in [0.05, 0.1) is 10.5 Å². The number of amides is 1. The van der Waals surface area contributed by atoms with Gasteiger partial charge in [-0.15, -0.1) is 0 Å². The van der Waals surface area contributed by atoms with Crippen LogP contribution in [0.1, 0.15) is 28.8 Å². The third-order valence-corrected chi connectivity index (χ3v) is 3.67. The van der Waals surface area contributed by atoms with Crippen LogP contribution in [0.2, 0.25) is 0 Å². The Morgan fingerprint density at radius 1 is 1.22 bits per heavy atom. The predicted octanol–water partition coefficient (Wildman–Crippen LogP) is 3.17. The zero-order chi connectivity index (χ0) is 16.8. The Labute approximate surface area is 134 Å². The third kappa shape index (κ3) is 4.06. The summed E-state index contributed by atoms with van der Waals surface area (Å²) in [5.41, 5.74) is 1.84. The van der Waals surface area contributed by atoms with E-state index in [4.69, 9.17) is 0 Å². The second kappa shape index (κ2) is 7.40. The van der Waals surface area contributed by atoms with Crippen molar-refractivity contribution in [1.82, 2.24) is 5.32 Å². The fraction of sp³-hybridized carbons (Fsp3) is 0.235. The van der Waals surface area contributed by atoms with Gasteiger partial charge in [-0.2, -0.15) is 0 Å². The Bertz CT molecular complexity index is 701. The molecule has 0 spiro atoms. The van der Waals surface area contributed by atoms with Gasteiger partial charge in [0.1, 0.15) is 0 Å². The molecule has 0 aromatic heterocycles. The predicted molar refractivity (Wildman–Crippen MR) is 89.8 cm³/mol. The van der Waals surface area contributed by atoms with E-state index in [0.29, 0.717) is 12.2 Å². The van der Waals surface area contributed by atoms with Crippen molar-refractivity contribution in [2.75, 3.05) is 18.9 Å². The lowest BCUT2D eigenvalue weighted by molar-refractivity contribution is -0.384. The van der Waals surface area contributed by atoms with E-state index in [2.05, 4.69) is 10.6 Å². The van der Waals surface area contributed by atoms with Crippen molar-refractivity contribution in [2.24, 2.45) is 0 Å². The number of nitrogens with zero attached hydrogens (tertiary/aromatic N) is 1. The van der Waals surface area contributed by atoms with Crippen molar-refractivity contribution in [1.29, 1.82) is 0 Å². The summed E-state index contributed by atoms with van der Waals surface area (Å²) in [5, 5.41) is 16.6. The number of nitro benzene ring substituents is 1. The molecule has 0 bridgehead atoms. The highest BCUT2D eigenvalue weighted by Crippen LogP contribution is 2.22. The van der Waals surface area contributed by atoms with E-state index in [0.717, 1.165) is 5.56 Å². The standard InChI is InChI=1S/C17H19N3O3/c1-12(13-6-4-3-5-7-13)11-19-17(21)15-10-14(20(22)23)8-9-16(15)18-2/h3-10,12,18H,11H2,1-2H3,(H,19,21)/t12-/m1/s1. The molecule has 2 aromatic rings. The van der Waals surface area contributed by atoms with Crippen LogP contribution in [0.5, 0.6) is 0 Å². The second-order valence-electron chi connectivity index (χ2n) is 5.26. The lowest BCUT2D eigenvalue weighted by Crippen LogP contribution is -2.28. The quantitative estimate of drug-likeness (QED) is 0.633. The average molecular weight is 313 g/mol. The molecule has 0 radical (unpaired) electrons. The summed E-state index contributed by atoms with van der Waals surface area (Å²) in [6, 6.07) is 14.0. The zero-order valence-corrected chi connectivity index (χ0v) is 13.1. The highest BCUT2D eigenvalue weighted by molar-refractivity contribution is 6.00. The Morgan fingerprint density at radius 2 is 1.91 bits per heavy atom. The van der Waals surface area contributed by atoms with Crippen molar-refractivity contribution < 1.29 is 9.72 Å². The first-order valence-electron chi connectivity index (χ1n) is 7.32. The molecule has 0 saturated heterocycles. The van der Waals surface area contributed by atoms with Gasteiger partial charge in [0.2, 0.25) is 0 Å². The largest absolute Gasteiger partial charge is 0.387 e. The fourth-order valence-electron chi connectivity index (χ4n) is 2.29. The maximum absolute atomic E-state index is 12.4. The molecule has 0 aliphatic carbocycles. The van der Waals surface area contributed by atoms with Crippen LogP contribution < -0.4 is 10.6 Å². The maximum Gasteiger partial charge on any atom is 0.270 e. The summed E-state index contributed by atoms with van der Waals surface area (Å²) in [4.78, 5) is 22.7. The van der Waals surface area contributed by atoms with E-state index in [1.165, 1.54) is 18.2 Å². The summed E-state index contributed by atoms with van der Waals surface area (Å²) in [6.45, 7) is 2.47. The molecule has 2 rings (SSSR count). The smallest absolute Gasteiger partial charge is 0.270 e. The summed E-state index contributed by atoms with van der Waals surface area (Å²) in [5.74, 6) is -0.183. The second-order valence-corrected chi connectivity index (χ2v) is 5.26. The van der Waals surface area contributed by atoms with Crippen LogP contribution in [0.25, 0.3) is 0 Å². The number of hydrogen-bond donors (Lipinski definition) is 2. The third-order valence-electron chi connectivity index (χ3n) is 3.67. The number of anilines is 1. The number of carbonyl (C=O) groups excluding carboxylic acids is 1. The molecular weight excluding hydrogens is 294 g/mol. The first-order chi connectivity index (χ1) is 11.0. The molecule has 0 heterocycles. The van der Waals surface area contributed by atoms with Crippen LogP contribution in [0, 0.1) is 10.1 Å². The van der Waals surface area contributed by atoms with Crippen molar-refractivity contribution in [2.45, 2.75) is 12.8 Å². The Balaban J connectivity index is 2.11. The normalized spacial score (nSPS) is 11.6. The SMILES string of the molecule is CNc1ccc([N+](=O)[O-])cc1C(=O)NC[C@@H](C)c1ccccc1. The number of benzene rings is 2. The minimum absolute atomic E-state index is 0.106. The monoisotopic (exact) mass is 313 g/mol. The van der Waals surface area contributed by atoms with Crippen molar-refractivity contribution in [3.05, 3.63) is 69.8 Å². The maximum atomic E-state index is 12.4. The number of nitro groups is 1. The summed E-state index contributed by atoms with van der Waals surface area (Å²) in [6.07, 6.45) is 0. The lowest BCUT2D eigenvalue weighted by Gasteiger charge is -2.14. The minimum Gasteiger partial charge on any atom is -0.387 e. The van der Waals surface area contributed by atoms with Crippen LogP contribution in [0.3, 0.4) is 0 Å². The van der Waals surface area contributed by atoms with Gasteiger partial charge in [-0.25, -0.2) is 0 Å². The molecule has 0 aliphatic rings. The number of nitrogens with one attached hydrogen (secondary N) is 2. The summed E-state index contributed by atoms with van der Waals surface area (Å²) < 4.78 is 0. The molecule has 1 atom stereocenters. The molecule has 6 nitrogen and oxygen atoms in total. The van der Waals surface area contributed by atoms with Gasteiger partial charge in [0.15, 0.2) is 0 Å². The van der Waals surface area contributed by atoms with Gasteiger partial charge < -0.3 is 10.6 Å². The molecule has 2 aromatic carbocycles. The fourth-order valence-corrected chi connectivity index (χ4v) is 2.29. The molecule has 0 aliphatic heterocycles. The van der Waals surface area contributed by atoms with Gasteiger partial charge in [-0.1, -0.05) is 37.3 Å². The van der Waals surface area contributed by atoms with Crippen LogP contribution in [-0.4, -0.2) is 24.4 Å². The summed E-state index contributed by atoms with van der Waals surface area (Å²) in [7, 11) is 1.67. The number of rotatable bonds is 6. The van der Waals surface area contributed by atoms with Crippen molar-refractivity contribution in [3.63, 3.8) is 0 Å². The van der Waals surface area contributed by atoms with E-state index < -0.39 is 4.92 Å². The van der Waals surface area contributed by atoms with Gasteiger partial charge in [0, 0.05) is 31.4 Å². The average Bonchev–Trinajstić information content (AvgIpc) is 2.59. The van der Waals surface area contributed by atoms with E-state index >= 15 is 0 Å². The van der Waals surface area contributed by atoms with Crippen molar-refractivity contribution in [3.8, 4) is 0 Å². The molecule has 2 N–H and O–H groups in total. The molecule has 0 saturated carbocycles. The minimum atomic E-state index is -0.511. The van der Waals surface area contributed by atoms with E-state index in [9.17, 15) is 14.9 Å². The zero-order valence-electron chi connectivity index (χ0n) is 13.1. The highest BCUT2D eigenvalue weighted by atomic mass is 16.6. The Morgan fingerprint density at radius 3 is 2.52 bits per heavy atom. The first-order valence-corrected chi connectivity index (χ1v) is 7.32. The number of hydrogen-bond acceptors (Lipinski definition) is 4. The summed E-state index contributed by atoms with van der Waals surface area (Å²) >= 11 is 0. The first kappa shape index (κ1) is 16.5. The van der Waals surface area contributed by atoms with Crippen LogP contribution in [0.4, 0.5) is 11.4 Å². The molecule has 120 valence electrons. The topological polar surface area (TPSA) is 84.3 Å². The van der Waals surface area contributed by atoms with Crippen molar-refractivity contribution >= 4 is 17.3 Å². The lowest BCUT2D eigenvalue weighted by atomic mass is 10.0. The van der Waals surface area contributed by atoms with E-state index in [-0.39, 0.29) is 23.1 Å². The molecule has 23 heavy (non-hydrogen) atoms. The molecule has 1 amide bonds. The molecule has 0 unspecified atom stereocenters. The number of carbonyl (C=O) groups is 1. The van der Waals surface area contributed by atoms with Gasteiger partial charge in [0.25, 0.3) is 11.6 Å². The van der Waals surface area contributed by atoms with E-state index in [1.54, 1.807) is 7.05 Å². The number of non-ortho nitro benzene ring substituents is 1. The van der Waals surface area contributed by atoms with Crippen LogP contribution >= 0.6 is 0 Å². The molecule has 6 heteroatoms. The van der Waals surface area contributed by atoms with Gasteiger partial charge in [-0.05, 0) is 17.5 Å². The Hall–Kier alpha value is -2.89. The van der Waals surface area contributed by atoms with Gasteiger partial charge >= 0.3 is 0 Å². The van der Waals surface area contributed by atoms with Gasteiger partial charge in [-0.3, -0.25) is 14.9 Å². The van der Waals surface area contributed by atoms with E-state index in [1.807, 2.05) is 37.3 Å². The molecular formula is C17H19N3O3. The Kier molecular flexibility index (Phi) is 5.30. The van der Waals surface area contributed by atoms with Crippen LogP contribution in [0.15, 0.2) is 48.5 Å². The van der Waals surface area contributed by atoms with Crippen LogP contribution in [-0.2, 0) is 0 Å². The molecule has 0 fully saturated rings.